The van der Waals surface area contributed by atoms with Crippen molar-refractivity contribution < 1.29 is 23.9 Å². The minimum atomic E-state index is -0.527. The van der Waals surface area contributed by atoms with Crippen molar-refractivity contribution >= 4 is 12.1 Å². The van der Waals surface area contributed by atoms with Gasteiger partial charge in [0.15, 0.2) is 0 Å². The summed E-state index contributed by atoms with van der Waals surface area (Å²) in [5, 5.41) is 1.51. The Morgan fingerprint density at radius 1 is 1.06 bits per heavy atom. The van der Waals surface area contributed by atoms with Gasteiger partial charge in [-0.3, -0.25) is 9.63 Å². The van der Waals surface area contributed by atoms with E-state index in [2.05, 4.69) is 11.8 Å². The number of fused-ring (bicyclic) bond motifs is 3. The van der Waals surface area contributed by atoms with Gasteiger partial charge >= 0.3 is 12.1 Å². The number of rotatable bonds is 4. The predicted molar refractivity (Wildman–Crippen MR) is 118 cm³/mol. The zero-order valence-corrected chi connectivity index (χ0v) is 20.5. The third-order valence-electron chi connectivity index (χ3n) is 6.73. The first-order valence-corrected chi connectivity index (χ1v) is 11.9. The van der Waals surface area contributed by atoms with E-state index in [0.717, 1.165) is 58.2 Å². The van der Waals surface area contributed by atoms with E-state index in [4.69, 9.17) is 14.3 Å². The Labute approximate surface area is 187 Å². The van der Waals surface area contributed by atoms with Crippen LogP contribution >= 0.6 is 0 Å². The van der Waals surface area contributed by atoms with Gasteiger partial charge in [-0.15, -0.1) is 0 Å². The summed E-state index contributed by atoms with van der Waals surface area (Å²) in [6, 6.07) is 0.130. The Bertz CT molecular complexity index is 658. The summed E-state index contributed by atoms with van der Waals surface area (Å²) < 4.78 is 11.4. The standard InChI is InChI=1S/C24H42N2O5/c1-17-16-25(14-10-19(17)29-20(27)22(2,3)4)15-13-24-11-8-18(9-12-24)26(31-24)21(28)30-23(5,6)7/h17-19H,8-16H2,1-7H3/t17-,18?,19-,24?/m0/s1. The number of likely N-dealkylation sites (tertiary alicyclic amines) is 1. The largest absolute Gasteiger partial charge is 0.462 e. The van der Waals surface area contributed by atoms with Crippen molar-refractivity contribution in [1.29, 1.82) is 0 Å². The van der Waals surface area contributed by atoms with Crippen LogP contribution in [0.1, 0.15) is 87.0 Å². The Balaban J connectivity index is 1.51. The molecular formula is C24H42N2O5. The van der Waals surface area contributed by atoms with Crippen LogP contribution in [-0.2, 0) is 19.1 Å². The highest BCUT2D eigenvalue weighted by Gasteiger charge is 2.49. The molecule has 0 spiro atoms. The van der Waals surface area contributed by atoms with Gasteiger partial charge in [-0.2, -0.15) is 5.06 Å². The van der Waals surface area contributed by atoms with Crippen LogP contribution < -0.4 is 0 Å². The van der Waals surface area contributed by atoms with Gasteiger partial charge in [-0.25, -0.2) is 4.79 Å². The maximum atomic E-state index is 12.6. The molecule has 0 aromatic rings. The van der Waals surface area contributed by atoms with E-state index >= 15 is 0 Å². The molecule has 4 rings (SSSR count). The highest BCUT2D eigenvalue weighted by molar-refractivity contribution is 5.75. The Morgan fingerprint density at radius 3 is 2.26 bits per heavy atom. The molecule has 7 nitrogen and oxygen atoms in total. The molecule has 3 heterocycles. The number of nitrogens with zero attached hydrogens (tertiary/aromatic N) is 2. The fraction of sp³-hybridized carbons (Fsp3) is 0.917. The number of ether oxygens (including phenoxy) is 2. The fourth-order valence-corrected chi connectivity index (χ4v) is 4.79. The molecule has 0 unspecified atom stereocenters. The molecular weight excluding hydrogens is 396 g/mol. The molecule has 1 saturated carbocycles. The number of hydrogen-bond acceptors (Lipinski definition) is 6. The van der Waals surface area contributed by atoms with E-state index in [1.165, 1.54) is 5.06 Å². The second-order valence-corrected chi connectivity index (χ2v) is 11.8. The van der Waals surface area contributed by atoms with Crippen LogP contribution in [0.2, 0.25) is 0 Å². The maximum Gasteiger partial charge on any atom is 0.434 e. The van der Waals surface area contributed by atoms with Gasteiger partial charge in [0, 0.05) is 25.6 Å². The molecule has 1 amide bonds. The molecule has 31 heavy (non-hydrogen) atoms. The topological polar surface area (TPSA) is 68.3 Å². The van der Waals surface area contributed by atoms with Crippen LogP contribution in [0.15, 0.2) is 0 Å². The first-order chi connectivity index (χ1) is 14.3. The molecule has 1 aliphatic carbocycles. The summed E-state index contributed by atoms with van der Waals surface area (Å²) in [7, 11) is 0. The Morgan fingerprint density at radius 2 is 1.71 bits per heavy atom. The zero-order valence-electron chi connectivity index (χ0n) is 20.5. The summed E-state index contributed by atoms with van der Waals surface area (Å²) in [5.74, 6) is 0.185. The summed E-state index contributed by atoms with van der Waals surface area (Å²) in [5.41, 5.74) is -1.27. The van der Waals surface area contributed by atoms with Crippen molar-refractivity contribution in [3.8, 4) is 0 Å². The summed E-state index contributed by atoms with van der Waals surface area (Å²) >= 11 is 0. The molecule has 2 bridgehead atoms. The van der Waals surface area contributed by atoms with Crippen molar-refractivity contribution in [3.63, 3.8) is 0 Å². The maximum absolute atomic E-state index is 12.6. The number of hydroxylamine groups is 2. The molecule has 7 heteroatoms. The summed E-state index contributed by atoms with van der Waals surface area (Å²) in [6.45, 7) is 16.3. The van der Waals surface area contributed by atoms with Crippen molar-refractivity contribution in [2.45, 2.75) is 110 Å². The minimum absolute atomic E-state index is 0.00910. The lowest BCUT2D eigenvalue weighted by atomic mass is 9.78. The van der Waals surface area contributed by atoms with Crippen molar-refractivity contribution in [2.24, 2.45) is 11.3 Å². The Hall–Kier alpha value is -1.34. The van der Waals surface area contributed by atoms with E-state index in [1.807, 2.05) is 41.5 Å². The Kier molecular flexibility index (Phi) is 6.97. The van der Waals surface area contributed by atoms with Gasteiger partial charge in [0.05, 0.1) is 17.1 Å². The molecule has 4 fully saturated rings. The number of carbonyl (C=O) groups is 2. The fourth-order valence-electron chi connectivity index (χ4n) is 4.79. The van der Waals surface area contributed by atoms with E-state index in [9.17, 15) is 9.59 Å². The smallest absolute Gasteiger partial charge is 0.434 e. The second-order valence-electron chi connectivity index (χ2n) is 11.8. The monoisotopic (exact) mass is 438 g/mol. The molecule has 3 saturated heterocycles. The highest BCUT2D eigenvalue weighted by Crippen LogP contribution is 2.44. The molecule has 0 aromatic carbocycles. The first-order valence-electron chi connectivity index (χ1n) is 11.9. The molecule has 0 aromatic heterocycles. The lowest BCUT2D eigenvalue weighted by Gasteiger charge is -2.52. The molecule has 178 valence electrons. The quantitative estimate of drug-likeness (QED) is 0.600. The molecule has 2 atom stereocenters. The van der Waals surface area contributed by atoms with Crippen LogP contribution in [0.25, 0.3) is 0 Å². The normalized spacial score (nSPS) is 32.1. The second kappa shape index (κ2) is 8.89. The lowest BCUT2D eigenvalue weighted by Crippen LogP contribution is -2.59. The highest BCUT2D eigenvalue weighted by atomic mass is 16.7. The third kappa shape index (κ3) is 6.13. The first kappa shape index (κ1) is 24.3. The summed E-state index contributed by atoms with van der Waals surface area (Å²) in [4.78, 5) is 33.6. The van der Waals surface area contributed by atoms with E-state index in [-0.39, 0.29) is 29.8 Å². The molecule has 3 aliphatic heterocycles. The third-order valence-corrected chi connectivity index (χ3v) is 6.73. The molecule has 4 aliphatic rings. The number of piperidine rings is 1. The van der Waals surface area contributed by atoms with Gasteiger partial charge in [-0.1, -0.05) is 6.92 Å². The van der Waals surface area contributed by atoms with Crippen molar-refractivity contribution in [1.82, 2.24) is 9.96 Å². The number of esters is 1. The number of amides is 1. The van der Waals surface area contributed by atoms with E-state index in [0.29, 0.717) is 5.92 Å². The van der Waals surface area contributed by atoms with Crippen LogP contribution in [0.5, 0.6) is 0 Å². The predicted octanol–water partition coefficient (Wildman–Crippen LogP) is 4.54. The van der Waals surface area contributed by atoms with Crippen LogP contribution in [0, 0.1) is 11.3 Å². The van der Waals surface area contributed by atoms with E-state index in [1.54, 1.807) is 0 Å². The van der Waals surface area contributed by atoms with Gasteiger partial charge in [0.25, 0.3) is 0 Å². The minimum Gasteiger partial charge on any atom is -0.462 e. The average Bonchev–Trinajstić information content (AvgIpc) is 2.67. The zero-order chi connectivity index (χ0) is 23.0. The van der Waals surface area contributed by atoms with Crippen LogP contribution in [0.4, 0.5) is 4.79 Å². The average molecular weight is 439 g/mol. The van der Waals surface area contributed by atoms with Gasteiger partial charge in [0.1, 0.15) is 11.7 Å². The van der Waals surface area contributed by atoms with Crippen molar-refractivity contribution in [3.05, 3.63) is 0 Å². The van der Waals surface area contributed by atoms with Gasteiger partial charge in [-0.05, 0) is 80.1 Å². The molecule has 0 radical (unpaired) electrons. The van der Waals surface area contributed by atoms with Crippen LogP contribution in [0.3, 0.4) is 0 Å². The van der Waals surface area contributed by atoms with E-state index < -0.39 is 11.0 Å². The number of hydrogen-bond donors (Lipinski definition) is 0. The van der Waals surface area contributed by atoms with Crippen LogP contribution in [-0.4, -0.2) is 65.0 Å². The van der Waals surface area contributed by atoms with Crippen molar-refractivity contribution in [2.75, 3.05) is 19.6 Å². The SMILES string of the molecule is C[C@H]1CN(CCC23CCC(CC2)N(C(=O)OC(C)(C)C)O3)CC[C@@H]1OC(=O)C(C)(C)C. The molecule has 0 N–H and O–H groups in total. The lowest BCUT2D eigenvalue weighted by molar-refractivity contribution is -0.306. The number of carbonyl (C=O) groups excluding carboxylic acids is 2. The van der Waals surface area contributed by atoms with Gasteiger partial charge < -0.3 is 14.4 Å². The summed E-state index contributed by atoms with van der Waals surface area (Å²) in [6.07, 6.45) is 5.32. The van der Waals surface area contributed by atoms with Gasteiger partial charge in [0.2, 0.25) is 0 Å².